The number of ether oxygens (including phenoxy) is 1. The van der Waals surface area contributed by atoms with Crippen LogP contribution in [0, 0.1) is 18.3 Å². The average Bonchev–Trinajstić information content (AvgIpc) is 2.84. The van der Waals surface area contributed by atoms with E-state index in [4.69, 9.17) is 14.4 Å². The number of nitrogens with zero attached hydrogens (tertiary/aromatic N) is 1. The molecule has 2 aromatic rings. The van der Waals surface area contributed by atoms with Crippen LogP contribution >= 0.6 is 0 Å². The molecule has 0 saturated carbocycles. The maximum Gasteiger partial charge on any atom is 0.203 e. The highest BCUT2D eigenvalue weighted by atomic mass is 16.5. The largest absolute Gasteiger partial charge is 0.496 e. The molecule has 18 heavy (non-hydrogen) atoms. The Balaban J connectivity index is 2.02. The van der Waals surface area contributed by atoms with Crippen molar-refractivity contribution >= 4 is 5.69 Å². The van der Waals surface area contributed by atoms with Gasteiger partial charge in [-0.2, -0.15) is 5.26 Å². The number of hydrogen-bond acceptors (Lipinski definition) is 4. The Morgan fingerprint density at radius 2 is 2.17 bits per heavy atom. The van der Waals surface area contributed by atoms with E-state index < -0.39 is 0 Å². The number of anilines is 1. The van der Waals surface area contributed by atoms with Crippen LogP contribution in [0.4, 0.5) is 5.69 Å². The molecule has 1 aromatic carbocycles. The second kappa shape index (κ2) is 5.28. The van der Waals surface area contributed by atoms with Crippen molar-refractivity contribution in [3.05, 3.63) is 47.4 Å². The van der Waals surface area contributed by atoms with Crippen LogP contribution in [0.3, 0.4) is 0 Å². The van der Waals surface area contributed by atoms with Gasteiger partial charge in [-0.3, -0.25) is 0 Å². The molecule has 0 radical (unpaired) electrons. The highest BCUT2D eigenvalue weighted by molar-refractivity contribution is 5.50. The maximum atomic E-state index is 8.65. The van der Waals surface area contributed by atoms with Crippen LogP contribution < -0.4 is 10.1 Å². The second-order valence-electron chi connectivity index (χ2n) is 3.92. The lowest BCUT2D eigenvalue weighted by Gasteiger charge is -2.08. The van der Waals surface area contributed by atoms with Crippen molar-refractivity contribution < 1.29 is 9.15 Å². The summed E-state index contributed by atoms with van der Waals surface area (Å²) in [6.45, 7) is 2.54. The number of rotatable bonds is 4. The molecule has 0 bridgehead atoms. The molecule has 4 nitrogen and oxygen atoms in total. The SMILES string of the molecule is COc1ccc(NCc2ccc(C#N)o2)cc1C. The predicted octanol–water partition coefficient (Wildman–Crippen LogP) is 3.08. The van der Waals surface area contributed by atoms with Crippen LogP contribution in [0.2, 0.25) is 0 Å². The number of aryl methyl sites for hydroxylation is 1. The van der Waals surface area contributed by atoms with Gasteiger partial charge in [0.2, 0.25) is 5.76 Å². The summed E-state index contributed by atoms with van der Waals surface area (Å²) >= 11 is 0. The lowest BCUT2D eigenvalue weighted by atomic mass is 10.2. The Labute approximate surface area is 106 Å². The topological polar surface area (TPSA) is 58.2 Å². The lowest BCUT2D eigenvalue weighted by Crippen LogP contribution is -1.98. The van der Waals surface area contributed by atoms with Gasteiger partial charge in [0.25, 0.3) is 0 Å². The zero-order valence-electron chi connectivity index (χ0n) is 10.4. The first kappa shape index (κ1) is 12.1. The Hall–Kier alpha value is -2.41. The summed E-state index contributed by atoms with van der Waals surface area (Å²) in [5.74, 6) is 1.93. The molecule has 0 unspecified atom stereocenters. The minimum atomic E-state index is 0.331. The first-order valence-corrected chi connectivity index (χ1v) is 5.60. The fraction of sp³-hybridized carbons (Fsp3) is 0.214. The fourth-order valence-electron chi connectivity index (χ4n) is 1.71. The first-order chi connectivity index (χ1) is 8.72. The number of nitriles is 1. The van der Waals surface area contributed by atoms with Gasteiger partial charge in [-0.15, -0.1) is 0 Å². The molecular formula is C14H14N2O2. The molecule has 1 aromatic heterocycles. The molecule has 0 amide bonds. The van der Waals surface area contributed by atoms with Crippen LogP contribution in [0.1, 0.15) is 17.1 Å². The van der Waals surface area contributed by atoms with Crippen molar-refractivity contribution in [2.24, 2.45) is 0 Å². The molecule has 92 valence electrons. The van der Waals surface area contributed by atoms with E-state index in [2.05, 4.69) is 5.32 Å². The predicted molar refractivity (Wildman–Crippen MR) is 68.5 cm³/mol. The van der Waals surface area contributed by atoms with E-state index in [-0.39, 0.29) is 0 Å². The number of methoxy groups -OCH3 is 1. The molecule has 0 saturated heterocycles. The minimum Gasteiger partial charge on any atom is -0.496 e. The van der Waals surface area contributed by atoms with Crippen molar-refractivity contribution in [2.45, 2.75) is 13.5 Å². The van der Waals surface area contributed by atoms with Gasteiger partial charge in [0.15, 0.2) is 0 Å². The number of hydrogen-bond donors (Lipinski definition) is 1. The molecule has 0 spiro atoms. The third-order valence-electron chi connectivity index (χ3n) is 2.63. The molecule has 0 aliphatic carbocycles. The van der Waals surface area contributed by atoms with Crippen LogP contribution in [0.25, 0.3) is 0 Å². The third kappa shape index (κ3) is 2.64. The Kier molecular flexibility index (Phi) is 3.54. The molecule has 0 aliphatic heterocycles. The second-order valence-corrected chi connectivity index (χ2v) is 3.92. The van der Waals surface area contributed by atoms with Gasteiger partial charge < -0.3 is 14.5 Å². The van der Waals surface area contributed by atoms with Crippen molar-refractivity contribution in [3.63, 3.8) is 0 Å². The highest BCUT2D eigenvalue weighted by Gasteiger charge is 2.02. The van der Waals surface area contributed by atoms with Crippen LogP contribution in [-0.2, 0) is 6.54 Å². The fourth-order valence-corrected chi connectivity index (χ4v) is 1.71. The smallest absolute Gasteiger partial charge is 0.203 e. The van der Waals surface area contributed by atoms with Crippen molar-refractivity contribution in [2.75, 3.05) is 12.4 Å². The average molecular weight is 242 g/mol. The van der Waals surface area contributed by atoms with Gasteiger partial charge in [-0.05, 0) is 42.8 Å². The molecule has 1 N–H and O–H groups in total. The Morgan fingerprint density at radius 3 is 2.78 bits per heavy atom. The van der Waals surface area contributed by atoms with Gasteiger partial charge >= 0.3 is 0 Å². The summed E-state index contributed by atoms with van der Waals surface area (Å²) in [4.78, 5) is 0. The molecule has 0 fully saturated rings. The monoisotopic (exact) mass is 242 g/mol. The zero-order valence-corrected chi connectivity index (χ0v) is 10.4. The van der Waals surface area contributed by atoms with E-state index in [1.54, 1.807) is 19.2 Å². The standard InChI is InChI=1S/C14H14N2O2/c1-10-7-11(3-6-14(10)17-2)16-9-13-5-4-12(8-15)18-13/h3-7,16H,9H2,1-2H3. The molecule has 0 atom stereocenters. The number of benzene rings is 1. The summed E-state index contributed by atoms with van der Waals surface area (Å²) in [5.41, 5.74) is 2.06. The lowest BCUT2D eigenvalue weighted by molar-refractivity contribution is 0.412. The van der Waals surface area contributed by atoms with E-state index in [1.165, 1.54) is 0 Å². The van der Waals surface area contributed by atoms with E-state index in [9.17, 15) is 0 Å². The normalized spacial score (nSPS) is 9.83. The molecule has 4 heteroatoms. The summed E-state index contributed by atoms with van der Waals surface area (Å²) < 4.78 is 10.5. The summed E-state index contributed by atoms with van der Waals surface area (Å²) in [5, 5.41) is 11.9. The van der Waals surface area contributed by atoms with Gasteiger partial charge in [0, 0.05) is 5.69 Å². The van der Waals surface area contributed by atoms with Gasteiger partial charge in [-0.1, -0.05) is 0 Å². The Morgan fingerprint density at radius 1 is 1.33 bits per heavy atom. The maximum absolute atomic E-state index is 8.65. The van der Waals surface area contributed by atoms with Crippen LogP contribution in [0.15, 0.2) is 34.7 Å². The van der Waals surface area contributed by atoms with Crippen LogP contribution in [0.5, 0.6) is 5.75 Å². The summed E-state index contributed by atoms with van der Waals surface area (Å²) in [7, 11) is 1.65. The minimum absolute atomic E-state index is 0.331. The number of furan rings is 1. The molecular weight excluding hydrogens is 228 g/mol. The van der Waals surface area contributed by atoms with E-state index in [1.807, 2.05) is 31.2 Å². The van der Waals surface area contributed by atoms with Crippen LogP contribution in [-0.4, -0.2) is 7.11 Å². The number of nitrogens with one attached hydrogen (secondary N) is 1. The van der Waals surface area contributed by atoms with E-state index in [0.717, 1.165) is 22.8 Å². The van der Waals surface area contributed by atoms with Crippen molar-refractivity contribution in [3.8, 4) is 11.8 Å². The van der Waals surface area contributed by atoms with E-state index in [0.29, 0.717) is 12.3 Å². The van der Waals surface area contributed by atoms with Crippen molar-refractivity contribution in [1.82, 2.24) is 0 Å². The van der Waals surface area contributed by atoms with Gasteiger partial charge in [-0.25, -0.2) is 0 Å². The van der Waals surface area contributed by atoms with Gasteiger partial charge in [0.05, 0.1) is 13.7 Å². The summed E-state index contributed by atoms with van der Waals surface area (Å²) in [6.07, 6.45) is 0. The molecule has 1 heterocycles. The quantitative estimate of drug-likeness (QED) is 0.895. The Bertz CT molecular complexity index is 582. The molecule has 2 rings (SSSR count). The molecule has 0 aliphatic rings. The van der Waals surface area contributed by atoms with E-state index >= 15 is 0 Å². The van der Waals surface area contributed by atoms with Gasteiger partial charge in [0.1, 0.15) is 17.6 Å². The van der Waals surface area contributed by atoms with Crippen molar-refractivity contribution in [1.29, 1.82) is 5.26 Å². The first-order valence-electron chi connectivity index (χ1n) is 5.60. The summed E-state index contributed by atoms with van der Waals surface area (Å²) in [6, 6.07) is 11.3. The third-order valence-corrected chi connectivity index (χ3v) is 2.63. The highest BCUT2D eigenvalue weighted by Crippen LogP contribution is 2.21. The zero-order chi connectivity index (χ0) is 13.0.